The van der Waals surface area contributed by atoms with E-state index in [4.69, 9.17) is 16.2 Å². The molecule has 0 bridgehead atoms. The van der Waals surface area contributed by atoms with E-state index in [1.807, 2.05) is 50.2 Å². The molecule has 0 spiro atoms. The normalized spacial score (nSPS) is 10.7. The van der Waals surface area contributed by atoms with Crippen LogP contribution < -0.4 is 16.2 Å². The highest BCUT2D eigenvalue weighted by Gasteiger charge is 2.24. The Bertz CT molecular complexity index is 1330. The highest BCUT2D eigenvalue weighted by Crippen LogP contribution is 2.43. The second-order valence-electron chi connectivity index (χ2n) is 7.04. The first-order chi connectivity index (χ1) is 14.9. The zero-order valence-electron chi connectivity index (χ0n) is 17.1. The van der Waals surface area contributed by atoms with Gasteiger partial charge in [-0.3, -0.25) is 4.79 Å². The average Bonchev–Trinajstić information content (AvgIpc) is 3.09. The van der Waals surface area contributed by atoms with Crippen LogP contribution in [0.3, 0.4) is 0 Å². The first kappa shape index (κ1) is 20.4. The summed E-state index contributed by atoms with van der Waals surface area (Å²) in [6.07, 6.45) is 0. The smallest absolute Gasteiger partial charge is 0.205 e. The molecule has 0 aliphatic carbocycles. The Hall–Kier alpha value is -3.89. The summed E-state index contributed by atoms with van der Waals surface area (Å²) < 4.78 is 5.51. The lowest BCUT2D eigenvalue weighted by atomic mass is 9.96. The molecule has 4 aromatic rings. The number of carbonyl (C=O) groups excluding carboxylic acids is 1. The van der Waals surface area contributed by atoms with Gasteiger partial charge in [-0.05, 0) is 31.5 Å². The maximum atomic E-state index is 13.1. The summed E-state index contributed by atoms with van der Waals surface area (Å²) in [6.45, 7) is 4.42. The van der Waals surface area contributed by atoms with E-state index >= 15 is 0 Å². The molecule has 0 atom stereocenters. The molecule has 0 radical (unpaired) electrons. The van der Waals surface area contributed by atoms with E-state index in [9.17, 15) is 10.1 Å². The summed E-state index contributed by atoms with van der Waals surface area (Å²) in [4.78, 5) is 18.4. The van der Waals surface area contributed by atoms with Crippen molar-refractivity contribution in [2.24, 2.45) is 0 Å². The standard InChI is InChI=1S/C24H20N4O2S/c1-3-30-16-10-8-14(9-11-16)18-17(12-25)23(27)28-24-19(18)20(26)22(31-24)21(29)15-6-4-13(2)5-7-15/h4-11H,3,26H2,1-2H3,(H2,27,28). The average molecular weight is 429 g/mol. The highest BCUT2D eigenvalue weighted by atomic mass is 32.1. The molecular formula is C24H20N4O2S. The van der Waals surface area contributed by atoms with E-state index in [2.05, 4.69) is 11.1 Å². The van der Waals surface area contributed by atoms with Crippen LogP contribution in [0.15, 0.2) is 48.5 Å². The summed E-state index contributed by atoms with van der Waals surface area (Å²) in [5, 5.41) is 10.3. The largest absolute Gasteiger partial charge is 0.494 e. The Kier molecular flexibility index (Phi) is 5.32. The number of nitrogen functional groups attached to an aromatic ring is 2. The van der Waals surface area contributed by atoms with Gasteiger partial charge in [0.05, 0.1) is 12.3 Å². The number of nitriles is 1. The minimum absolute atomic E-state index is 0.106. The zero-order valence-corrected chi connectivity index (χ0v) is 17.9. The number of hydrogen-bond donors (Lipinski definition) is 2. The summed E-state index contributed by atoms with van der Waals surface area (Å²) in [7, 11) is 0. The van der Waals surface area contributed by atoms with E-state index in [0.717, 1.165) is 16.9 Å². The number of benzene rings is 2. The third-order valence-electron chi connectivity index (χ3n) is 4.99. The van der Waals surface area contributed by atoms with Gasteiger partial charge in [0, 0.05) is 16.5 Å². The van der Waals surface area contributed by atoms with E-state index in [0.29, 0.717) is 38.5 Å². The number of ketones is 1. The zero-order chi connectivity index (χ0) is 22.1. The SMILES string of the molecule is CCOc1ccc(-c2c(C#N)c(N)nc3sc(C(=O)c4ccc(C)cc4)c(N)c23)cc1. The van der Waals surface area contributed by atoms with Crippen molar-refractivity contribution in [2.45, 2.75) is 13.8 Å². The Morgan fingerprint density at radius 3 is 2.42 bits per heavy atom. The molecule has 0 aliphatic rings. The summed E-state index contributed by atoms with van der Waals surface area (Å²) in [5.41, 5.74) is 16.0. The number of carbonyl (C=O) groups is 1. The number of ether oxygens (including phenoxy) is 1. The van der Waals surface area contributed by atoms with E-state index in [-0.39, 0.29) is 17.2 Å². The molecular weight excluding hydrogens is 408 g/mol. The molecule has 2 aromatic heterocycles. The van der Waals surface area contributed by atoms with E-state index in [1.54, 1.807) is 12.1 Å². The monoisotopic (exact) mass is 428 g/mol. The number of pyridine rings is 1. The number of nitrogens with two attached hydrogens (primary N) is 2. The van der Waals surface area contributed by atoms with Gasteiger partial charge in [0.2, 0.25) is 5.78 Å². The first-order valence-corrected chi connectivity index (χ1v) is 10.5. The van der Waals surface area contributed by atoms with Gasteiger partial charge in [0.15, 0.2) is 0 Å². The number of hydrogen-bond acceptors (Lipinski definition) is 7. The highest BCUT2D eigenvalue weighted by molar-refractivity contribution is 7.21. The summed E-state index contributed by atoms with van der Waals surface area (Å²) in [5.74, 6) is 0.640. The topological polar surface area (TPSA) is 115 Å². The Balaban J connectivity index is 1.94. The Morgan fingerprint density at radius 1 is 1.13 bits per heavy atom. The molecule has 0 fully saturated rings. The van der Waals surface area contributed by atoms with Gasteiger partial charge < -0.3 is 16.2 Å². The fourth-order valence-corrected chi connectivity index (χ4v) is 4.54. The Morgan fingerprint density at radius 2 is 1.81 bits per heavy atom. The van der Waals surface area contributed by atoms with Crippen LogP contribution in [0.2, 0.25) is 0 Å². The second kappa shape index (κ2) is 8.09. The summed E-state index contributed by atoms with van der Waals surface area (Å²) >= 11 is 1.18. The van der Waals surface area contributed by atoms with Crippen LogP contribution in [0.1, 0.15) is 33.3 Å². The third-order valence-corrected chi connectivity index (χ3v) is 6.09. The minimum atomic E-state index is -0.185. The number of aromatic nitrogens is 1. The van der Waals surface area contributed by atoms with Gasteiger partial charge in [0.1, 0.15) is 32.9 Å². The molecule has 2 aromatic carbocycles. The number of anilines is 2. The molecule has 7 heteroatoms. The van der Waals surface area contributed by atoms with Gasteiger partial charge in [0.25, 0.3) is 0 Å². The van der Waals surface area contributed by atoms with Crippen molar-refractivity contribution in [1.82, 2.24) is 4.98 Å². The number of aryl methyl sites for hydroxylation is 1. The van der Waals surface area contributed by atoms with Crippen molar-refractivity contribution in [3.05, 3.63) is 70.1 Å². The van der Waals surface area contributed by atoms with E-state index < -0.39 is 0 Å². The molecule has 0 saturated heterocycles. The van der Waals surface area contributed by atoms with Crippen LogP contribution in [0.25, 0.3) is 21.3 Å². The lowest BCUT2D eigenvalue weighted by Gasteiger charge is -2.10. The lowest BCUT2D eigenvalue weighted by molar-refractivity contribution is 0.104. The van der Waals surface area contributed by atoms with Gasteiger partial charge in [-0.25, -0.2) is 4.98 Å². The number of nitrogens with zero attached hydrogens (tertiary/aromatic N) is 2. The first-order valence-electron chi connectivity index (χ1n) is 9.70. The van der Waals surface area contributed by atoms with Crippen LogP contribution in [-0.2, 0) is 0 Å². The third kappa shape index (κ3) is 3.58. The van der Waals surface area contributed by atoms with Gasteiger partial charge in [-0.2, -0.15) is 5.26 Å². The van der Waals surface area contributed by atoms with Crippen LogP contribution in [0.5, 0.6) is 5.75 Å². The van der Waals surface area contributed by atoms with Gasteiger partial charge >= 0.3 is 0 Å². The quantitative estimate of drug-likeness (QED) is 0.435. The Labute approximate surface area is 183 Å². The molecule has 4 N–H and O–H groups in total. The predicted molar refractivity (Wildman–Crippen MR) is 124 cm³/mol. The van der Waals surface area contributed by atoms with Gasteiger partial charge in [-0.1, -0.05) is 42.0 Å². The molecule has 6 nitrogen and oxygen atoms in total. The fraction of sp³-hybridized carbons (Fsp3) is 0.125. The number of thiophene rings is 1. The van der Waals surface area contributed by atoms with Crippen molar-refractivity contribution in [1.29, 1.82) is 5.26 Å². The molecule has 2 heterocycles. The van der Waals surface area contributed by atoms with Crippen LogP contribution in [0.4, 0.5) is 11.5 Å². The fourth-order valence-electron chi connectivity index (χ4n) is 3.46. The maximum Gasteiger partial charge on any atom is 0.205 e. The van der Waals surface area contributed by atoms with Crippen molar-refractivity contribution >= 4 is 38.8 Å². The van der Waals surface area contributed by atoms with Crippen molar-refractivity contribution in [2.75, 3.05) is 18.1 Å². The lowest BCUT2D eigenvalue weighted by Crippen LogP contribution is -2.03. The minimum Gasteiger partial charge on any atom is -0.494 e. The molecule has 0 aliphatic heterocycles. The summed E-state index contributed by atoms with van der Waals surface area (Å²) in [6, 6.07) is 16.8. The van der Waals surface area contributed by atoms with Crippen molar-refractivity contribution in [3.63, 3.8) is 0 Å². The van der Waals surface area contributed by atoms with Crippen molar-refractivity contribution in [3.8, 4) is 22.9 Å². The molecule has 4 rings (SSSR count). The number of fused-ring (bicyclic) bond motifs is 1. The van der Waals surface area contributed by atoms with Crippen molar-refractivity contribution < 1.29 is 9.53 Å². The van der Waals surface area contributed by atoms with Crippen LogP contribution >= 0.6 is 11.3 Å². The van der Waals surface area contributed by atoms with Crippen LogP contribution in [0, 0.1) is 18.3 Å². The molecule has 0 saturated carbocycles. The predicted octanol–water partition coefficient (Wildman–Crippen LogP) is 4.94. The second-order valence-corrected chi connectivity index (χ2v) is 8.04. The molecule has 0 unspecified atom stereocenters. The molecule has 154 valence electrons. The van der Waals surface area contributed by atoms with Crippen LogP contribution in [-0.4, -0.2) is 17.4 Å². The maximum absolute atomic E-state index is 13.1. The van der Waals surface area contributed by atoms with Gasteiger partial charge in [-0.15, -0.1) is 11.3 Å². The number of rotatable bonds is 5. The molecule has 31 heavy (non-hydrogen) atoms. The van der Waals surface area contributed by atoms with E-state index in [1.165, 1.54) is 11.3 Å². The molecule has 0 amide bonds.